The number of ether oxygens (including phenoxy) is 1. The number of carbonyl (C=O) groups excluding carboxylic acids is 1. The molecule has 24 heavy (non-hydrogen) atoms. The Morgan fingerprint density at radius 1 is 1.33 bits per heavy atom. The van der Waals surface area contributed by atoms with Gasteiger partial charge in [0.25, 0.3) is 0 Å². The van der Waals surface area contributed by atoms with Gasteiger partial charge in [-0.1, -0.05) is 0 Å². The topological polar surface area (TPSA) is 61.5 Å². The summed E-state index contributed by atoms with van der Waals surface area (Å²) in [6.45, 7) is 3.71. The van der Waals surface area contributed by atoms with Crippen LogP contribution in [-0.4, -0.2) is 58.4 Å². The minimum absolute atomic E-state index is 0.175. The second-order valence-corrected chi connectivity index (χ2v) is 7.94. The summed E-state index contributed by atoms with van der Waals surface area (Å²) in [4.78, 5) is 18.5. The first-order valence-electron chi connectivity index (χ1n) is 8.39. The first kappa shape index (κ1) is 15.7. The SMILES string of the molecule is CN1CC2(CCCN(Cc3ccc(-c4ccn[nH]4)s3)CC2)OC1=O. The molecule has 1 spiro atoms. The molecule has 0 saturated carbocycles. The van der Waals surface area contributed by atoms with E-state index < -0.39 is 0 Å². The van der Waals surface area contributed by atoms with E-state index in [1.54, 1.807) is 11.1 Å². The largest absolute Gasteiger partial charge is 0.441 e. The Morgan fingerprint density at radius 3 is 3.00 bits per heavy atom. The van der Waals surface area contributed by atoms with Crippen LogP contribution in [0.2, 0.25) is 0 Å². The number of thiophene rings is 1. The lowest BCUT2D eigenvalue weighted by Crippen LogP contribution is -2.35. The zero-order valence-electron chi connectivity index (χ0n) is 13.8. The van der Waals surface area contributed by atoms with Crippen LogP contribution in [0.5, 0.6) is 0 Å². The summed E-state index contributed by atoms with van der Waals surface area (Å²) >= 11 is 1.81. The lowest BCUT2D eigenvalue weighted by Gasteiger charge is -2.25. The summed E-state index contributed by atoms with van der Waals surface area (Å²) in [7, 11) is 1.82. The molecular weight excluding hydrogens is 324 g/mol. The van der Waals surface area contributed by atoms with Gasteiger partial charge in [-0.3, -0.25) is 10.00 Å². The second kappa shape index (κ2) is 6.22. The molecule has 4 heterocycles. The molecule has 2 aromatic heterocycles. The predicted octanol–water partition coefficient (Wildman–Crippen LogP) is 2.94. The van der Waals surface area contributed by atoms with Crippen molar-refractivity contribution in [1.82, 2.24) is 20.0 Å². The number of aromatic amines is 1. The number of hydrogen-bond donors (Lipinski definition) is 1. The molecule has 1 N–H and O–H groups in total. The molecule has 2 aliphatic rings. The molecule has 0 radical (unpaired) electrons. The number of likely N-dealkylation sites (N-methyl/N-ethyl adjacent to an activating group) is 1. The molecule has 2 aliphatic heterocycles. The van der Waals surface area contributed by atoms with E-state index in [2.05, 4.69) is 27.2 Å². The Hall–Kier alpha value is -1.86. The number of aromatic nitrogens is 2. The van der Waals surface area contributed by atoms with Crippen molar-refractivity contribution in [3.05, 3.63) is 29.3 Å². The molecule has 0 bridgehead atoms. The average molecular weight is 346 g/mol. The molecule has 6 nitrogen and oxygen atoms in total. The zero-order chi connectivity index (χ0) is 16.6. The van der Waals surface area contributed by atoms with E-state index in [1.807, 2.05) is 24.5 Å². The van der Waals surface area contributed by atoms with Crippen molar-refractivity contribution in [3.8, 4) is 10.6 Å². The summed E-state index contributed by atoms with van der Waals surface area (Å²) in [5, 5.41) is 7.03. The fourth-order valence-corrected chi connectivity index (χ4v) is 4.68. The molecule has 1 atom stereocenters. The first-order valence-corrected chi connectivity index (χ1v) is 9.20. The van der Waals surface area contributed by atoms with Gasteiger partial charge in [-0.05, 0) is 37.6 Å². The van der Waals surface area contributed by atoms with Crippen molar-refractivity contribution in [2.45, 2.75) is 31.4 Å². The van der Waals surface area contributed by atoms with Gasteiger partial charge in [0, 0.05) is 37.6 Å². The van der Waals surface area contributed by atoms with Gasteiger partial charge in [-0.25, -0.2) is 4.79 Å². The second-order valence-electron chi connectivity index (χ2n) is 6.77. The molecule has 1 amide bonds. The van der Waals surface area contributed by atoms with Gasteiger partial charge in [-0.15, -0.1) is 11.3 Å². The number of nitrogens with zero attached hydrogens (tertiary/aromatic N) is 3. The minimum atomic E-state index is -0.267. The van der Waals surface area contributed by atoms with E-state index >= 15 is 0 Å². The molecule has 2 fully saturated rings. The fourth-order valence-electron chi connectivity index (χ4n) is 3.66. The van der Waals surface area contributed by atoms with Crippen LogP contribution in [0.4, 0.5) is 4.79 Å². The molecule has 0 aromatic carbocycles. The molecule has 2 saturated heterocycles. The normalized spacial score (nSPS) is 25.2. The van der Waals surface area contributed by atoms with Crippen molar-refractivity contribution in [3.63, 3.8) is 0 Å². The number of hydrogen-bond acceptors (Lipinski definition) is 5. The molecule has 4 rings (SSSR count). The average Bonchev–Trinajstić information content (AvgIpc) is 3.24. The molecule has 128 valence electrons. The summed E-state index contributed by atoms with van der Waals surface area (Å²) in [5.74, 6) is 0. The van der Waals surface area contributed by atoms with Crippen LogP contribution in [0, 0.1) is 0 Å². The maximum absolute atomic E-state index is 11.7. The van der Waals surface area contributed by atoms with Gasteiger partial charge >= 0.3 is 6.09 Å². The van der Waals surface area contributed by atoms with E-state index in [1.165, 1.54) is 9.75 Å². The van der Waals surface area contributed by atoms with Crippen LogP contribution < -0.4 is 0 Å². The highest BCUT2D eigenvalue weighted by molar-refractivity contribution is 7.15. The lowest BCUT2D eigenvalue weighted by molar-refractivity contribution is 0.0443. The summed E-state index contributed by atoms with van der Waals surface area (Å²) < 4.78 is 5.69. The van der Waals surface area contributed by atoms with E-state index in [9.17, 15) is 4.79 Å². The van der Waals surface area contributed by atoms with E-state index in [4.69, 9.17) is 4.74 Å². The van der Waals surface area contributed by atoms with E-state index in [-0.39, 0.29) is 11.7 Å². The smallest absolute Gasteiger partial charge is 0.410 e. The first-order chi connectivity index (χ1) is 11.6. The number of H-pyrrole nitrogens is 1. The zero-order valence-corrected chi connectivity index (χ0v) is 14.6. The Kier molecular flexibility index (Phi) is 4.05. The van der Waals surface area contributed by atoms with E-state index in [0.29, 0.717) is 0 Å². The van der Waals surface area contributed by atoms with Crippen molar-refractivity contribution in [2.24, 2.45) is 0 Å². The number of rotatable bonds is 3. The van der Waals surface area contributed by atoms with Crippen LogP contribution in [-0.2, 0) is 11.3 Å². The predicted molar refractivity (Wildman–Crippen MR) is 92.9 cm³/mol. The fraction of sp³-hybridized carbons (Fsp3) is 0.529. The van der Waals surface area contributed by atoms with Gasteiger partial charge in [0.2, 0.25) is 0 Å². The highest BCUT2D eigenvalue weighted by atomic mass is 32.1. The third-order valence-electron chi connectivity index (χ3n) is 4.94. The third-order valence-corrected chi connectivity index (χ3v) is 6.04. The Balaban J connectivity index is 1.39. The van der Waals surface area contributed by atoms with Crippen LogP contribution >= 0.6 is 11.3 Å². The number of nitrogens with one attached hydrogen (secondary N) is 1. The third kappa shape index (κ3) is 3.06. The highest BCUT2D eigenvalue weighted by Crippen LogP contribution is 2.33. The molecule has 2 aromatic rings. The van der Waals surface area contributed by atoms with Gasteiger partial charge in [-0.2, -0.15) is 5.10 Å². The van der Waals surface area contributed by atoms with Gasteiger partial charge in [0.1, 0.15) is 5.60 Å². The number of likely N-dealkylation sites (tertiary alicyclic amines) is 1. The Morgan fingerprint density at radius 2 is 2.25 bits per heavy atom. The summed E-state index contributed by atoms with van der Waals surface area (Å²) in [6.07, 6.45) is 4.56. The van der Waals surface area contributed by atoms with Crippen LogP contribution in [0.25, 0.3) is 10.6 Å². The maximum Gasteiger partial charge on any atom is 0.410 e. The van der Waals surface area contributed by atoms with Gasteiger partial charge < -0.3 is 9.64 Å². The Labute approximate surface area is 145 Å². The minimum Gasteiger partial charge on any atom is -0.441 e. The van der Waals surface area contributed by atoms with Crippen molar-refractivity contribution in [1.29, 1.82) is 0 Å². The standard InChI is InChI=1S/C17H22N4O2S/c1-20-12-17(23-16(20)22)6-2-9-21(10-7-17)11-13-3-4-15(24-13)14-5-8-18-19-14/h3-5,8H,2,6-7,9-12H2,1H3,(H,18,19). The molecule has 0 aliphatic carbocycles. The van der Waals surface area contributed by atoms with Crippen molar-refractivity contribution >= 4 is 17.4 Å². The van der Waals surface area contributed by atoms with Crippen molar-refractivity contribution in [2.75, 3.05) is 26.7 Å². The van der Waals surface area contributed by atoms with Gasteiger partial charge in [0.15, 0.2) is 0 Å². The van der Waals surface area contributed by atoms with Crippen molar-refractivity contribution < 1.29 is 9.53 Å². The van der Waals surface area contributed by atoms with Gasteiger partial charge in [0.05, 0.1) is 17.1 Å². The maximum atomic E-state index is 11.7. The molecule has 1 unspecified atom stereocenters. The quantitative estimate of drug-likeness (QED) is 0.928. The van der Waals surface area contributed by atoms with Crippen LogP contribution in [0.3, 0.4) is 0 Å². The van der Waals surface area contributed by atoms with Crippen LogP contribution in [0.1, 0.15) is 24.1 Å². The van der Waals surface area contributed by atoms with E-state index in [0.717, 1.165) is 51.1 Å². The van der Waals surface area contributed by atoms with Crippen LogP contribution in [0.15, 0.2) is 24.4 Å². The number of carbonyl (C=O) groups is 1. The monoisotopic (exact) mass is 346 g/mol. The number of amides is 1. The Bertz CT molecular complexity index is 714. The highest BCUT2D eigenvalue weighted by Gasteiger charge is 2.44. The lowest BCUT2D eigenvalue weighted by atomic mass is 9.95. The summed E-state index contributed by atoms with van der Waals surface area (Å²) in [6, 6.07) is 6.35. The summed E-state index contributed by atoms with van der Waals surface area (Å²) in [5.41, 5.74) is 0.805. The molecule has 7 heteroatoms. The molecular formula is C17H22N4O2S.